The minimum Gasteiger partial charge on any atom is -0.313 e. The second-order valence-corrected chi connectivity index (χ2v) is 12.2. The highest BCUT2D eigenvalue weighted by Gasteiger charge is 2.44. The monoisotopic (exact) mass is 300 g/mol. The van der Waals surface area contributed by atoms with Gasteiger partial charge in [0.2, 0.25) is 0 Å². The zero-order chi connectivity index (χ0) is 15.1. The van der Waals surface area contributed by atoms with Gasteiger partial charge in [-0.2, -0.15) is 8.42 Å². The van der Waals surface area contributed by atoms with E-state index < -0.39 is 18.5 Å². The maximum Gasteiger partial charge on any atom is 0.264 e. The Labute approximate surface area is 113 Å². The molecule has 3 nitrogen and oxygen atoms in total. The summed E-state index contributed by atoms with van der Waals surface area (Å²) < 4.78 is 38.5. The van der Waals surface area contributed by atoms with Crippen LogP contribution in [-0.2, 0) is 14.3 Å². The lowest BCUT2D eigenvalue weighted by Crippen LogP contribution is -2.39. The van der Waals surface area contributed by atoms with E-state index in [4.69, 9.17) is 0 Å². The minimum atomic E-state index is -3.17. The number of hydrogen-bond donors (Lipinski definition) is 0. The Morgan fingerprint density at radius 1 is 1.00 bits per heavy atom. The van der Waals surface area contributed by atoms with Gasteiger partial charge in [0.25, 0.3) is 18.5 Å². The van der Waals surface area contributed by atoms with Crippen LogP contribution in [-0.4, -0.2) is 29.7 Å². The Hall–Kier alpha value is 0.0569. The molecule has 0 unspecified atom stereocenters. The molecule has 0 aromatic carbocycles. The fraction of sp³-hybridized carbons (Fsp3) is 1.00. The first-order valence-corrected chi connectivity index (χ1v) is 10.3. The number of rotatable bonds is 5. The fourth-order valence-corrected chi connectivity index (χ4v) is 6.64. The minimum absolute atomic E-state index is 0.221. The van der Waals surface area contributed by atoms with Gasteiger partial charge >= 0.3 is 0 Å². The summed E-state index contributed by atoms with van der Waals surface area (Å²) in [4.78, 5) is 0. The van der Waals surface area contributed by atoms with E-state index in [-0.39, 0.29) is 23.2 Å². The summed E-state index contributed by atoms with van der Waals surface area (Å²) in [5, 5.41) is 0. The van der Waals surface area contributed by atoms with Crippen molar-refractivity contribution in [2.45, 2.75) is 65.1 Å². The standard InChI is InChI=1S/C9H21FSi.C3H8O3S/c1-7(2)11(10,8(3)4)9(5)6;1-3-6-7(2,4)5/h7-9H,1-6H3;3H2,1-2H3. The first kappa shape index (κ1) is 20.4. The molecule has 0 bridgehead atoms. The van der Waals surface area contributed by atoms with Gasteiger partial charge in [0.05, 0.1) is 12.9 Å². The van der Waals surface area contributed by atoms with Crippen LogP contribution in [0.15, 0.2) is 0 Å². The van der Waals surface area contributed by atoms with Crippen molar-refractivity contribution < 1.29 is 16.7 Å². The second kappa shape index (κ2) is 8.27. The van der Waals surface area contributed by atoms with Crippen LogP contribution in [0.1, 0.15) is 48.5 Å². The van der Waals surface area contributed by atoms with Gasteiger partial charge in [0, 0.05) is 0 Å². The second-order valence-electron chi connectivity index (χ2n) is 5.40. The average molecular weight is 301 g/mol. The van der Waals surface area contributed by atoms with Crippen molar-refractivity contribution in [1.29, 1.82) is 0 Å². The van der Waals surface area contributed by atoms with Crippen LogP contribution in [0, 0.1) is 0 Å². The molecule has 0 aliphatic rings. The normalized spacial score (nSPS) is 12.9. The van der Waals surface area contributed by atoms with Gasteiger partial charge < -0.3 is 4.11 Å². The highest BCUT2D eigenvalue weighted by Crippen LogP contribution is 2.42. The lowest BCUT2D eigenvalue weighted by Gasteiger charge is -2.33. The SMILES string of the molecule is CC(C)[Si](F)(C(C)C)C(C)C.CCOS(C)(=O)=O. The summed E-state index contributed by atoms with van der Waals surface area (Å²) in [6, 6.07) is 0. The van der Waals surface area contributed by atoms with Crippen molar-refractivity contribution in [1.82, 2.24) is 0 Å². The highest BCUT2D eigenvalue weighted by molar-refractivity contribution is 7.85. The van der Waals surface area contributed by atoms with Gasteiger partial charge in [0.1, 0.15) is 0 Å². The lowest BCUT2D eigenvalue weighted by molar-refractivity contribution is 0.342. The molecule has 0 aliphatic carbocycles. The summed E-state index contributed by atoms with van der Waals surface area (Å²) in [6.45, 7) is 14.0. The van der Waals surface area contributed by atoms with Gasteiger partial charge in [-0.15, -0.1) is 0 Å². The molecule has 0 radical (unpaired) electrons. The third-order valence-electron chi connectivity index (χ3n) is 2.99. The first-order valence-electron chi connectivity index (χ1n) is 6.42. The predicted octanol–water partition coefficient (Wildman–Crippen LogP) is 4.11. The summed E-state index contributed by atoms with van der Waals surface area (Å²) in [7, 11) is -5.66. The lowest BCUT2D eigenvalue weighted by atomic mass is 10.5. The third kappa shape index (κ3) is 7.48. The van der Waals surface area contributed by atoms with Gasteiger partial charge in [0.15, 0.2) is 0 Å². The number of halogens is 1. The van der Waals surface area contributed by atoms with Crippen molar-refractivity contribution in [2.24, 2.45) is 0 Å². The molecule has 0 rings (SSSR count). The van der Waals surface area contributed by atoms with Crippen molar-refractivity contribution in [2.75, 3.05) is 12.9 Å². The molecule has 18 heavy (non-hydrogen) atoms. The van der Waals surface area contributed by atoms with E-state index in [0.717, 1.165) is 6.26 Å². The molecule has 0 amide bonds. The zero-order valence-corrected chi connectivity index (χ0v) is 14.8. The van der Waals surface area contributed by atoms with Crippen LogP contribution < -0.4 is 0 Å². The molecule has 0 aliphatic heterocycles. The van der Waals surface area contributed by atoms with Crippen LogP contribution in [0.5, 0.6) is 0 Å². The van der Waals surface area contributed by atoms with Crippen LogP contribution >= 0.6 is 0 Å². The van der Waals surface area contributed by atoms with E-state index in [9.17, 15) is 12.5 Å². The molecule has 0 aromatic heterocycles. The smallest absolute Gasteiger partial charge is 0.264 e. The zero-order valence-electron chi connectivity index (χ0n) is 13.0. The highest BCUT2D eigenvalue weighted by atomic mass is 32.2. The average Bonchev–Trinajstić information content (AvgIpc) is 2.14. The fourth-order valence-electron chi connectivity index (χ4n) is 2.21. The molecule has 0 spiro atoms. The van der Waals surface area contributed by atoms with Gasteiger partial charge in [-0.25, -0.2) is 0 Å². The van der Waals surface area contributed by atoms with Crippen molar-refractivity contribution in [3.05, 3.63) is 0 Å². The molecule has 6 heteroatoms. The van der Waals surface area contributed by atoms with E-state index in [2.05, 4.69) is 4.18 Å². The molecular formula is C12H29FO3SSi. The van der Waals surface area contributed by atoms with Crippen molar-refractivity contribution in [3.63, 3.8) is 0 Å². The van der Waals surface area contributed by atoms with Crippen LogP contribution in [0.2, 0.25) is 16.6 Å². The molecule has 0 heterocycles. The predicted molar refractivity (Wildman–Crippen MR) is 78.6 cm³/mol. The van der Waals surface area contributed by atoms with E-state index in [1.807, 2.05) is 41.5 Å². The van der Waals surface area contributed by atoms with Gasteiger partial charge in [-0.05, 0) is 23.5 Å². The molecule has 0 atom stereocenters. The molecule has 0 saturated carbocycles. The largest absolute Gasteiger partial charge is 0.313 e. The van der Waals surface area contributed by atoms with E-state index in [1.54, 1.807) is 6.92 Å². The molecule has 0 aromatic rings. The quantitative estimate of drug-likeness (QED) is 0.436. The third-order valence-corrected chi connectivity index (χ3v) is 8.96. The number of hydrogen-bond acceptors (Lipinski definition) is 3. The Balaban J connectivity index is 0. The van der Waals surface area contributed by atoms with E-state index in [1.165, 1.54) is 0 Å². The summed E-state index contributed by atoms with van der Waals surface area (Å²) in [6.07, 6.45) is 1.02. The Bertz CT molecular complexity index is 292. The van der Waals surface area contributed by atoms with Crippen molar-refractivity contribution in [3.8, 4) is 0 Å². The summed E-state index contributed by atoms with van der Waals surface area (Å²) in [5.74, 6) is 0. The van der Waals surface area contributed by atoms with Crippen molar-refractivity contribution >= 4 is 18.5 Å². The van der Waals surface area contributed by atoms with Crippen LogP contribution in [0.25, 0.3) is 0 Å². The van der Waals surface area contributed by atoms with Crippen LogP contribution in [0.4, 0.5) is 4.11 Å². The van der Waals surface area contributed by atoms with E-state index in [0.29, 0.717) is 0 Å². The topological polar surface area (TPSA) is 43.4 Å². The molecule has 0 N–H and O–H groups in total. The van der Waals surface area contributed by atoms with Gasteiger partial charge in [-0.3, -0.25) is 4.18 Å². The molecular weight excluding hydrogens is 271 g/mol. The first-order chi connectivity index (χ1) is 7.89. The Kier molecular flexibility index (Phi) is 9.36. The summed E-state index contributed by atoms with van der Waals surface area (Å²) in [5.41, 5.74) is 0.757. The molecule has 112 valence electrons. The van der Waals surface area contributed by atoms with Crippen LogP contribution in [0.3, 0.4) is 0 Å². The Morgan fingerprint density at radius 3 is 1.28 bits per heavy atom. The van der Waals surface area contributed by atoms with E-state index >= 15 is 0 Å². The Morgan fingerprint density at radius 2 is 1.28 bits per heavy atom. The summed E-state index contributed by atoms with van der Waals surface area (Å²) >= 11 is 0. The maximum absolute atomic E-state index is 14.3. The van der Waals surface area contributed by atoms with Gasteiger partial charge in [-0.1, -0.05) is 41.5 Å². The molecule has 0 fully saturated rings. The molecule has 0 saturated heterocycles. The maximum atomic E-state index is 14.3.